The minimum atomic E-state index is -1.44. The zero-order valence-electron chi connectivity index (χ0n) is 5.98. The van der Waals surface area contributed by atoms with Gasteiger partial charge in [0, 0.05) is 12.1 Å². The van der Waals surface area contributed by atoms with E-state index in [-0.39, 0.29) is 6.54 Å². The Morgan fingerprint density at radius 2 is 2.00 bits per heavy atom. The maximum atomic E-state index is 12.4. The topological polar surface area (TPSA) is 39.1 Å². The van der Waals surface area contributed by atoms with Gasteiger partial charge in [-0.25, -0.2) is 10.3 Å². The van der Waals surface area contributed by atoms with Crippen molar-refractivity contribution in [3.05, 3.63) is 30.6 Å². The van der Waals surface area contributed by atoms with Crippen molar-refractivity contribution in [2.45, 2.75) is 12.9 Å². The van der Waals surface area contributed by atoms with Crippen molar-refractivity contribution in [1.29, 1.82) is 0 Å². The molecule has 1 unspecified atom stereocenters. The molecule has 1 aromatic rings. The number of nitrogens with two attached hydrogens (primary N) is 1. The normalized spacial score (nSPS) is 12.9. The largest absolute Gasteiger partial charge is 0.275 e. The second-order valence-corrected chi connectivity index (χ2v) is 2.12. The molecule has 1 heterocycles. The summed E-state index contributed by atoms with van der Waals surface area (Å²) in [5.74, 6) is 4.63. The van der Waals surface area contributed by atoms with E-state index in [0.29, 0.717) is 0 Å². The molecule has 60 valence electrons. The van der Waals surface area contributed by atoms with Crippen molar-refractivity contribution in [3.8, 4) is 0 Å². The standard InChI is InChI=1S/C7H10FN2O/c8-7(11-9)6-10-4-2-1-3-5-10/h1-5,7H,6,9H2/q+1. The van der Waals surface area contributed by atoms with Crippen molar-refractivity contribution in [2.75, 3.05) is 0 Å². The quantitative estimate of drug-likeness (QED) is 0.501. The predicted molar refractivity (Wildman–Crippen MR) is 36.8 cm³/mol. The van der Waals surface area contributed by atoms with Crippen LogP contribution in [0, 0.1) is 0 Å². The number of hydrogen-bond donors (Lipinski definition) is 1. The van der Waals surface area contributed by atoms with Crippen LogP contribution in [0.4, 0.5) is 4.39 Å². The molecule has 0 bridgehead atoms. The maximum absolute atomic E-state index is 12.4. The molecular formula is C7H10FN2O+. The van der Waals surface area contributed by atoms with Crippen LogP contribution in [0.25, 0.3) is 0 Å². The van der Waals surface area contributed by atoms with Gasteiger partial charge in [-0.3, -0.25) is 4.84 Å². The number of aromatic nitrogens is 1. The number of alkyl halides is 1. The predicted octanol–water partition coefficient (Wildman–Crippen LogP) is 0.160. The molecule has 0 aliphatic carbocycles. The van der Waals surface area contributed by atoms with Gasteiger partial charge in [0.2, 0.25) is 6.54 Å². The highest BCUT2D eigenvalue weighted by atomic mass is 19.1. The first-order chi connectivity index (χ1) is 5.33. The number of halogens is 1. The average molecular weight is 157 g/mol. The lowest BCUT2D eigenvalue weighted by atomic mass is 10.5. The Balaban J connectivity index is 2.51. The molecule has 1 rings (SSSR count). The van der Waals surface area contributed by atoms with E-state index in [1.54, 1.807) is 17.0 Å². The van der Waals surface area contributed by atoms with Crippen molar-refractivity contribution < 1.29 is 13.8 Å². The Labute approximate surface area is 64.2 Å². The highest BCUT2D eigenvalue weighted by Gasteiger charge is 2.10. The van der Waals surface area contributed by atoms with Gasteiger partial charge in [-0.1, -0.05) is 6.07 Å². The first kappa shape index (κ1) is 8.10. The number of nitrogens with zero attached hydrogens (tertiary/aromatic N) is 1. The van der Waals surface area contributed by atoms with Crippen molar-refractivity contribution >= 4 is 0 Å². The number of rotatable bonds is 3. The number of hydrogen-bond acceptors (Lipinski definition) is 2. The van der Waals surface area contributed by atoms with Crippen LogP contribution in [-0.4, -0.2) is 6.36 Å². The lowest BCUT2D eigenvalue weighted by Crippen LogP contribution is -2.39. The smallest absolute Gasteiger partial charge is 0.260 e. The monoisotopic (exact) mass is 157 g/mol. The summed E-state index contributed by atoms with van der Waals surface area (Å²) in [7, 11) is 0. The van der Waals surface area contributed by atoms with Crippen molar-refractivity contribution in [3.63, 3.8) is 0 Å². The maximum Gasteiger partial charge on any atom is 0.275 e. The van der Waals surface area contributed by atoms with Gasteiger partial charge in [0.05, 0.1) is 0 Å². The third-order valence-corrected chi connectivity index (χ3v) is 1.28. The van der Waals surface area contributed by atoms with Crippen molar-refractivity contribution in [2.24, 2.45) is 5.90 Å². The molecule has 2 N–H and O–H groups in total. The van der Waals surface area contributed by atoms with Crippen LogP contribution in [-0.2, 0) is 11.4 Å². The van der Waals surface area contributed by atoms with Crippen LogP contribution in [0.3, 0.4) is 0 Å². The van der Waals surface area contributed by atoms with Crippen LogP contribution < -0.4 is 10.5 Å². The SMILES string of the molecule is NOC(F)C[n+]1ccccc1. The fraction of sp³-hybridized carbons (Fsp3) is 0.286. The molecule has 0 aromatic carbocycles. The average Bonchev–Trinajstić information content (AvgIpc) is 2.06. The highest BCUT2D eigenvalue weighted by molar-refractivity contribution is 4.83. The molecule has 0 radical (unpaired) electrons. The summed E-state index contributed by atoms with van der Waals surface area (Å²) in [6.45, 7) is 0.122. The minimum absolute atomic E-state index is 0.122. The zero-order valence-corrected chi connectivity index (χ0v) is 5.98. The van der Waals surface area contributed by atoms with Gasteiger partial charge in [0.25, 0.3) is 6.36 Å². The van der Waals surface area contributed by atoms with Gasteiger partial charge >= 0.3 is 0 Å². The van der Waals surface area contributed by atoms with Gasteiger partial charge in [0.1, 0.15) is 0 Å². The summed E-state index contributed by atoms with van der Waals surface area (Å²) >= 11 is 0. The minimum Gasteiger partial charge on any atom is -0.260 e. The van der Waals surface area contributed by atoms with Crippen LogP contribution in [0.2, 0.25) is 0 Å². The Bertz CT molecular complexity index is 205. The summed E-state index contributed by atoms with van der Waals surface area (Å²) in [6.07, 6.45) is 2.04. The summed E-state index contributed by atoms with van der Waals surface area (Å²) in [6, 6.07) is 5.47. The third-order valence-electron chi connectivity index (χ3n) is 1.28. The van der Waals surface area contributed by atoms with E-state index >= 15 is 0 Å². The zero-order chi connectivity index (χ0) is 8.10. The molecule has 0 saturated carbocycles. The first-order valence-electron chi connectivity index (χ1n) is 3.26. The van der Waals surface area contributed by atoms with E-state index in [9.17, 15) is 4.39 Å². The molecule has 11 heavy (non-hydrogen) atoms. The molecule has 0 saturated heterocycles. The van der Waals surface area contributed by atoms with Crippen LogP contribution in [0.5, 0.6) is 0 Å². The fourth-order valence-corrected chi connectivity index (χ4v) is 0.765. The van der Waals surface area contributed by atoms with Crippen molar-refractivity contribution in [1.82, 2.24) is 0 Å². The summed E-state index contributed by atoms with van der Waals surface area (Å²) in [4.78, 5) is 3.97. The van der Waals surface area contributed by atoms with Crippen LogP contribution in [0.1, 0.15) is 0 Å². The van der Waals surface area contributed by atoms with E-state index in [1.165, 1.54) is 0 Å². The van der Waals surface area contributed by atoms with E-state index in [1.807, 2.05) is 18.2 Å². The molecule has 0 spiro atoms. The molecule has 3 nitrogen and oxygen atoms in total. The van der Waals surface area contributed by atoms with Crippen LogP contribution in [0.15, 0.2) is 30.6 Å². The molecule has 1 aromatic heterocycles. The Kier molecular flexibility index (Phi) is 2.95. The molecule has 1 atom stereocenters. The lowest BCUT2D eigenvalue weighted by molar-refractivity contribution is -0.708. The number of pyridine rings is 1. The van der Waals surface area contributed by atoms with E-state index in [0.717, 1.165) is 0 Å². The fourth-order valence-electron chi connectivity index (χ4n) is 0.765. The van der Waals surface area contributed by atoms with Gasteiger partial charge in [-0.2, -0.15) is 4.57 Å². The van der Waals surface area contributed by atoms with Gasteiger partial charge in [-0.15, -0.1) is 0 Å². The van der Waals surface area contributed by atoms with Gasteiger partial charge in [-0.05, 0) is 0 Å². The molecule has 0 aliphatic heterocycles. The second-order valence-electron chi connectivity index (χ2n) is 2.12. The molecule has 0 aliphatic rings. The molecule has 4 heteroatoms. The third kappa shape index (κ3) is 2.61. The first-order valence-corrected chi connectivity index (χ1v) is 3.26. The summed E-state index contributed by atoms with van der Waals surface area (Å²) < 4.78 is 14.1. The van der Waals surface area contributed by atoms with Gasteiger partial charge < -0.3 is 0 Å². The van der Waals surface area contributed by atoms with E-state index in [2.05, 4.69) is 10.7 Å². The van der Waals surface area contributed by atoms with Gasteiger partial charge in [0.15, 0.2) is 12.4 Å². The van der Waals surface area contributed by atoms with Crippen LogP contribution >= 0.6 is 0 Å². The Morgan fingerprint density at radius 1 is 1.36 bits per heavy atom. The second kappa shape index (κ2) is 4.00. The highest BCUT2D eigenvalue weighted by Crippen LogP contribution is 1.88. The molecule has 0 amide bonds. The summed E-state index contributed by atoms with van der Waals surface area (Å²) in [5.41, 5.74) is 0. The molecular weight excluding hydrogens is 147 g/mol. The Morgan fingerprint density at radius 3 is 2.55 bits per heavy atom. The summed E-state index contributed by atoms with van der Waals surface area (Å²) in [5, 5.41) is 0. The Hall–Kier alpha value is -1.00. The van der Waals surface area contributed by atoms with E-state index in [4.69, 9.17) is 0 Å². The lowest BCUT2D eigenvalue weighted by Gasteiger charge is -1.99. The van der Waals surface area contributed by atoms with E-state index < -0.39 is 6.36 Å². The molecule has 0 fully saturated rings.